The Labute approximate surface area is 106 Å². The standard InChI is InChI=1S/C11H19ClN2O3/c1-2-17-10(15)9-5-3-4-8-14(9)11(16)13-7-6-12/h9H,2-8H2,1H3,(H,13,16). The lowest BCUT2D eigenvalue weighted by Gasteiger charge is -2.33. The fraction of sp³-hybridized carbons (Fsp3) is 0.818. The predicted molar refractivity (Wildman–Crippen MR) is 65.1 cm³/mol. The lowest BCUT2D eigenvalue weighted by atomic mass is 10.0. The first-order valence-corrected chi connectivity index (χ1v) is 6.51. The zero-order chi connectivity index (χ0) is 12.7. The molecule has 98 valence electrons. The Bertz CT molecular complexity index is 273. The number of alkyl halides is 1. The van der Waals surface area contributed by atoms with Crippen LogP contribution in [0.25, 0.3) is 0 Å². The van der Waals surface area contributed by atoms with E-state index in [-0.39, 0.29) is 12.0 Å². The normalized spacial score (nSPS) is 19.9. The van der Waals surface area contributed by atoms with Crippen LogP contribution in [0.1, 0.15) is 26.2 Å². The highest BCUT2D eigenvalue weighted by Crippen LogP contribution is 2.18. The Hall–Kier alpha value is -0.970. The first-order chi connectivity index (χ1) is 8.20. The van der Waals surface area contributed by atoms with E-state index in [0.717, 1.165) is 12.8 Å². The van der Waals surface area contributed by atoms with Crippen LogP contribution < -0.4 is 5.32 Å². The second-order valence-corrected chi connectivity index (χ2v) is 4.26. The Balaban J connectivity index is 2.58. The smallest absolute Gasteiger partial charge is 0.328 e. The second kappa shape index (κ2) is 7.37. The average Bonchev–Trinajstić information content (AvgIpc) is 2.36. The van der Waals surface area contributed by atoms with Crippen LogP contribution in [0.3, 0.4) is 0 Å². The van der Waals surface area contributed by atoms with E-state index in [2.05, 4.69) is 5.32 Å². The molecule has 17 heavy (non-hydrogen) atoms. The van der Waals surface area contributed by atoms with E-state index in [4.69, 9.17) is 16.3 Å². The first kappa shape index (κ1) is 14.1. The van der Waals surface area contributed by atoms with E-state index >= 15 is 0 Å². The molecule has 1 N–H and O–H groups in total. The Morgan fingerprint density at radius 2 is 2.24 bits per heavy atom. The van der Waals surface area contributed by atoms with Crippen molar-refractivity contribution in [3.8, 4) is 0 Å². The van der Waals surface area contributed by atoms with Crippen LogP contribution in [0.2, 0.25) is 0 Å². The van der Waals surface area contributed by atoms with Crippen molar-refractivity contribution in [1.29, 1.82) is 0 Å². The van der Waals surface area contributed by atoms with E-state index in [1.54, 1.807) is 11.8 Å². The van der Waals surface area contributed by atoms with Gasteiger partial charge in [0.2, 0.25) is 0 Å². The molecule has 0 aromatic rings. The van der Waals surface area contributed by atoms with Crippen molar-refractivity contribution in [2.75, 3.05) is 25.6 Å². The van der Waals surface area contributed by atoms with Gasteiger partial charge >= 0.3 is 12.0 Å². The Morgan fingerprint density at radius 1 is 1.47 bits per heavy atom. The van der Waals surface area contributed by atoms with Crippen LogP contribution in [0.15, 0.2) is 0 Å². The highest BCUT2D eigenvalue weighted by molar-refractivity contribution is 6.18. The van der Waals surface area contributed by atoms with Gasteiger partial charge in [-0.1, -0.05) is 0 Å². The van der Waals surface area contributed by atoms with Crippen molar-refractivity contribution >= 4 is 23.6 Å². The van der Waals surface area contributed by atoms with Gasteiger partial charge in [-0.05, 0) is 26.2 Å². The van der Waals surface area contributed by atoms with Crippen molar-refractivity contribution in [3.63, 3.8) is 0 Å². The molecule has 1 aliphatic heterocycles. The van der Waals surface area contributed by atoms with Crippen molar-refractivity contribution in [2.45, 2.75) is 32.2 Å². The average molecular weight is 263 g/mol. The molecule has 6 heteroatoms. The molecule has 0 aromatic carbocycles. The minimum absolute atomic E-state index is 0.233. The minimum Gasteiger partial charge on any atom is -0.464 e. The van der Waals surface area contributed by atoms with Gasteiger partial charge in [0.25, 0.3) is 0 Å². The maximum Gasteiger partial charge on any atom is 0.328 e. The van der Waals surface area contributed by atoms with Gasteiger partial charge < -0.3 is 15.0 Å². The van der Waals surface area contributed by atoms with Gasteiger partial charge in [-0.2, -0.15) is 0 Å². The number of hydrogen-bond acceptors (Lipinski definition) is 3. The van der Waals surface area contributed by atoms with Crippen LogP contribution in [0.4, 0.5) is 4.79 Å². The van der Waals surface area contributed by atoms with Gasteiger partial charge in [-0.25, -0.2) is 9.59 Å². The number of carbonyl (C=O) groups excluding carboxylic acids is 2. The van der Waals surface area contributed by atoms with Crippen LogP contribution in [-0.4, -0.2) is 48.5 Å². The molecular formula is C11H19ClN2O3. The molecule has 0 radical (unpaired) electrons. The van der Waals surface area contributed by atoms with E-state index in [0.29, 0.717) is 32.0 Å². The highest BCUT2D eigenvalue weighted by Gasteiger charge is 2.32. The summed E-state index contributed by atoms with van der Waals surface area (Å²) in [5.41, 5.74) is 0. The van der Waals surface area contributed by atoms with Gasteiger partial charge in [-0.15, -0.1) is 11.6 Å². The van der Waals surface area contributed by atoms with Crippen molar-refractivity contribution in [1.82, 2.24) is 10.2 Å². The number of rotatable bonds is 4. The van der Waals surface area contributed by atoms with Crippen molar-refractivity contribution < 1.29 is 14.3 Å². The number of carbonyl (C=O) groups is 2. The molecule has 2 amide bonds. The third-order valence-corrected chi connectivity index (χ3v) is 2.88. The monoisotopic (exact) mass is 262 g/mol. The molecule has 1 unspecified atom stereocenters. The molecule has 5 nitrogen and oxygen atoms in total. The van der Waals surface area contributed by atoms with E-state index in [9.17, 15) is 9.59 Å². The largest absolute Gasteiger partial charge is 0.464 e. The predicted octanol–water partition coefficient (Wildman–Crippen LogP) is 1.35. The summed E-state index contributed by atoms with van der Waals surface area (Å²) >= 11 is 5.51. The maximum atomic E-state index is 11.8. The lowest BCUT2D eigenvalue weighted by Crippen LogP contribution is -2.52. The van der Waals surface area contributed by atoms with E-state index < -0.39 is 6.04 Å². The second-order valence-electron chi connectivity index (χ2n) is 3.88. The SMILES string of the molecule is CCOC(=O)C1CCCCN1C(=O)NCCCl. The third-order valence-electron chi connectivity index (χ3n) is 2.69. The fourth-order valence-corrected chi connectivity index (χ4v) is 2.01. The molecule has 1 heterocycles. The number of likely N-dealkylation sites (tertiary alicyclic amines) is 1. The van der Waals surface area contributed by atoms with Crippen molar-refractivity contribution in [3.05, 3.63) is 0 Å². The highest BCUT2D eigenvalue weighted by atomic mass is 35.5. The number of nitrogens with zero attached hydrogens (tertiary/aromatic N) is 1. The summed E-state index contributed by atoms with van der Waals surface area (Å²) in [6.45, 7) is 3.11. The number of hydrogen-bond donors (Lipinski definition) is 1. The van der Waals surface area contributed by atoms with Gasteiger partial charge in [0.1, 0.15) is 6.04 Å². The molecule has 0 saturated carbocycles. The number of halogens is 1. The number of esters is 1. The third kappa shape index (κ3) is 4.07. The van der Waals surface area contributed by atoms with E-state index in [1.807, 2.05) is 0 Å². The molecular weight excluding hydrogens is 244 g/mol. The number of piperidine rings is 1. The van der Waals surface area contributed by atoms with Gasteiger partial charge in [0.05, 0.1) is 6.61 Å². The molecule has 1 rings (SSSR count). The summed E-state index contributed by atoms with van der Waals surface area (Å²) in [4.78, 5) is 25.1. The van der Waals surface area contributed by atoms with Crippen LogP contribution in [-0.2, 0) is 9.53 Å². The molecule has 1 atom stereocenters. The minimum atomic E-state index is -0.445. The molecule has 1 saturated heterocycles. The molecule has 0 bridgehead atoms. The fourth-order valence-electron chi connectivity index (χ4n) is 1.91. The summed E-state index contributed by atoms with van der Waals surface area (Å²) in [7, 11) is 0. The van der Waals surface area contributed by atoms with Gasteiger partial charge in [-0.3, -0.25) is 0 Å². The summed E-state index contributed by atoms with van der Waals surface area (Å²) in [5, 5.41) is 2.68. The number of amides is 2. The van der Waals surface area contributed by atoms with Gasteiger partial charge in [0, 0.05) is 19.0 Å². The summed E-state index contributed by atoms with van der Waals surface area (Å²) in [6, 6.07) is -0.678. The van der Waals surface area contributed by atoms with Gasteiger partial charge in [0.15, 0.2) is 0 Å². The lowest BCUT2D eigenvalue weighted by molar-refractivity contribution is -0.149. The van der Waals surface area contributed by atoms with Crippen LogP contribution >= 0.6 is 11.6 Å². The quantitative estimate of drug-likeness (QED) is 0.615. The topological polar surface area (TPSA) is 58.6 Å². The number of nitrogens with one attached hydrogen (secondary N) is 1. The molecule has 0 spiro atoms. The van der Waals surface area contributed by atoms with Crippen LogP contribution in [0.5, 0.6) is 0 Å². The summed E-state index contributed by atoms with van der Waals surface area (Å²) in [5.74, 6) is 0.0529. The Morgan fingerprint density at radius 3 is 2.88 bits per heavy atom. The molecule has 1 aliphatic rings. The zero-order valence-electron chi connectivity index (χ0n) is 10.1. The molecule has 1 fully saturated rings. The first-order valence-electron chi connectivity index (χ1n) is 5.97. The molecule has 0 aliphatic carbocycles. The number of ether oxygens (including phenoxy) is 1. The maximum absolute atomic E-state index is 11.8. The Kier molecular flexibility index (Phi) is 6.11. The van der Waals surface area contributed by atoms with Crippen molar-refractivity contribution in [2.24, 2.45) is 0 Å². The summed E-state index contributed by atoms with van der Waals surface area (Å²) in [6.07, 6.45) is 2.54. The molecule has 0 aromatic heterocycles. The summed E-state index contributed by atoms with van der Waals surface area (Å²) < 4.78 is 4.98. The van der Waals surface area contributed by atoms with Crippen LogP contribution in [0, 0.1) is 0 Å². The van der Waals surface area contributed by atoms with E-state index in [1.165, 1.54) is 0 Å². The zero-order valence-corrected chi connectivity index (χ0v) is 10.8. The number of urea groups is 1.